The Labute approximate surface area is 254 Å². The second kappa shape index (κ2) is 14.1. The molecule has 1 fully saturated rings. The molecular formula is C32H43N3O6S. The van der Waals surface area contributed by atoms with E-state index in [2.05, 4.69) is 23.3 Å². The number of nitrogens with zero attached hydrogens (tertiary/aromatic N) is 1. The molecule has 0 saturated heterocycles. The maximum atomic E-state index is 14.2. The van der Waals surface area contributed by atoms with Crippen LogP contribution in [0.5, 0.6) is 0 Å². The first-order valence-electron chi connectivity index (χ1n) is 14.2. The Morgan fingerprint density at radius 1 is 0.833 bits per heavy atom. The lowest BCUT2D eigenvalue weighted by molar-refractivity contribution is -0.159. The Morgan fingerprint density at radius 3 is 1.88 bits per heavy atom. The van der Waals surface area contributed by atoms with Gasteiger partial charge < -0.3 is 25.0 Å². The molecule has 2 aromatic rings. The summed E-state index contributed by atoms with van der Waals surface area (Å²) in [5.41, 5.74) is -0.102. The summed E-state index contributed by atoms with van der Waals surface area (Å²) >= 11 is 4.33. The lowest BCUT2D eigenvalue weighted by Gasteiger charge is -2.35. The summed E-state index contributed by atoms with van der Waals surface area (Å²) in [5, 5.41) is 5.51. The first-order valence-corrected chi connectivity index (χ1v) is 14.9. The van der Waals surface area contributed by atoms with Gasteiger partial charge in [0.25, 0.3) is 0 Å². The molecule has 0 aromatic heterocycles. The van der Waals surface area contributed by atoms with Crippen molar-refractivity contribution >= 4 is 36.5 Å². The number of carbonyl (C=O) groups is 4. The third-order valence-corrected chi connectivity index (χ3v) is 6.66. The third kappa shape index (κ3) is 10.1. The number of ether oxygens (including phenoxy) is 2. The molecule has 3 amide bonds. The highest BCUT2D eigenvalue weighted by molar-refractivity contribution is 7.80. The average molecular weight is 598 g/mol. The van der Waals surface area contributed by atoms with Crippen molar-refractivity contribution in [3.63, 3.8) is 0 Å². The number of rotatable bonds is 11. The second-order valence-corrected chi connectivity index (χ2v) is 12.8. The summed E-state index contributed by atoms with van der Waals surface area (Å²) in [6.45, 7) is 10.5. The second-order valence-electron chi connectivity index (χ2n) is 12.5. The van der Waals surface area contributed by atoms with Crippen LogP contribution in [-0.4, -0.2) is 63.9 Å². The minimum Gasteiger partial charge on any atom is -0.458 e. The molecule has 0 aliphatic heterocycles. The number of nitrogens with one attached hydrogen (secondary N) is 2. The van der Waals surface area contributed by atoms with Crippen LogP contribution < -0.4 is 10.6 Å². The van der Waals surface area contributed by atoms with Crippen LogP contribution in [0, 0.1) is 0 Å². The zero-order valence-electron chi connectivity index (χ0n) is 25.3. The van der Waals surface area contributed by atoms with Gasteiger partial charge in [0.2, 0.25) is 11.8 Å². The molecule has 2 N–H and O–H groups in total. The van der Waals surface area contributed by atoms with Crippen LogP contribution in [0.1, 0.15) is 71.6 Å². The molecule has 2 aromatic carbocycles. The fourth-order valence-electron chi connectivity index (χ4n) is 4.43. The average Bonchev–Trinajstić information content (AvgIpc) is 3.74. The summed E-state index contributed by atoms with van der Waals surface area (Å²) in [7, 11) is 0. The maximum Gasteiger partial charge on any atom is 0.408 e. The molecule has 1 aliphatic rings. The van der Waals surface area contributed by atoms with Crippen LogP contribution in [0.2, 0.25) is 0 Å². The van der Waals surface area contributed by atoms with Crippen LogP contribution in [0.4, 0.5) is 4.79 Å². The van der Waals surface area contributed by atoms with E-state index in [9.17, 15) is 19.2 Å². The number of amides is 3. The van der Waals surface area contributed by atoms with E-state index in [1.165, 1.54) is 4.90 Å². The van der Waals surface area contributed by atoms with Crippen molar-refractivity contribution < 1.29 is 28.7 Å². The lowest BCUT2D eigenvalue weighted by atomic mass is 10.0. The van der Waals surface area contributed by atoms with Gasteiger partial charge >= 0.3 is 12.1 Å². The van der Waals surface area contributed by atoms with Crippen LogP contribution >= 0.6 is 12.6 Å². The van der Waals surface area contributed by atoms with Crippen molar-refractivity contribution in [3.8, 4) is 0 Å². The fraction of sp³-hybridized carbons (Fsp3) is 0.500. The van der Waals surface area contributed by atoms with Crippen molar-refractivity contribution in [1.29, 1.82) is 0 Å². The summed E-state index contributed by atoms with van der Waals surface area (Å²) in [6.07, 6.45) is 0.861. The van der Waals surface area contributed by atoms with Gasteiger partial charge in [-0.1, -0.05) is 60.7 Å². The van der Waals surface area contributed by atoms with Gasteiger partial charge in [0.05, 0.1) is 0 Å². The topological polar surface area (TPSA) is 114 Å². The molecule has 1 saturated carbocycles. The molecule has 3 rings (SSSR count). The molecule has 3 atom stereocenters. The molecule has 1 aliphatic carbocycles. The van der Waals surface area contributed by atoms with Gasteiger partial charge in [0.1, 0.15) is 29.3 Å². The quantitative estimate of drug-likeness (QED) is 0.258. The van der Waals surface area contributed by atoms with E-state index in [4.69, 9.17) is 9.47 Å². The number of thiol groups is 1. The molecule has 0 radical (unpaired) electrons. The number of esters is 1. The summed E-state index contributed by atoms with van der Waals surface area (Å²) in [4.78, 5) is 55.6. The van der Waals surface area contributed by atoms with Crippen LogP contribution in [0.15, 0.2) is 60.7 Å². The van der Waals surface area contributed by atoms with Gasteiger partial charge in [-0.15, -0.1) is 0 Å². The molecule has 10 heteroatoms. The smallest absolute Gasteiger partial charge is 0.408 e. The van der Waals surface area contributed by atoms with Crippen LogP contribution in [0.25, 0.3) is 0 Å². The maximum absolute atomic E-state index is 14.2. The Balaban J connectivity index is 1.95. The first-order chi connectivity index (χ1) is 19.7. The highest BCUT2D eigenvalue weighted by Crippen LogP contribution is 2.36. The summed E-state index contributed by atoms with van der Waals surface area (Å²) in [5.74, 6) is -1.56. The van der Waals surface area contributed by atoms with E-state index >= 15 is 0 Å². The van der Waals surface area contributed by atoms with Crippen molar-refractivity contribution in [3.05, 3.63) is 71.8 Å². The first kappa shape index (κ1) is 33.0. The van der Waals surface area contributed by atoms with E-state index in [1.807, 2.05) is 36.4 Å². The fourth-order valence-corrected chi connectivity index (χ4v) is 4.67. The van der Waals surface area contributed by atoms with Gasteiger partial charge in [-0.2, -0.15) is 12.6 Å². The molecule has 0 bridgehead atoms. The van der Waals surface area contributed by atoms with Crippen LogP contribution in [0.3, 0.4) is 0 Å². The third-order valence-electron chi connectivity index (χ3n) is 6.30. The summed E-state index contributed by atoms with van der Waals surface area (Å²) < 4.78 is 11.0. The van der Waals surface area contributed by atoms with Crippen molar-refractivity contribution in [1.82, 2.24) is 15.5 Å². The number of carbonyl (C=O) groups excluding carboxylic acids is 4. The molecule has 0 heterocycles. The standard InChI is InChI=1S/C32H43N3O6S/c1-31(2,3)40-29(38)24(19-21-13-9-7-10-14-21)33-27(36)26(22-15-11-8-12-16-22)35(23-17-18-23)28(37)25(20-42)34-30(39)41-32(4,5)6/h7-16,23-26,42H,17-20H2,1-6H3,(H,33,36)(H,34,39). The van der Waals surface area contributed by atoms with E-state index in [0.717, 1.165) is 5.56 Å². The van der Waals surface area contributed by atoms with E-state index < -0.39 is 53.2 Å². The molecule has 42 heavy (non-hydrogen) atoms. The largest absolute Gasteiger partial charge is 0.458 e. The SMILES string of the molecule is CC(C)(C)OC(=O)NC(CS)C(=O)N(C1CC1)C(C(=O)NC(Cc1ccccc1)C(=O)OC(C)(C)C)c1ccccc1. The van der Waals surface area contributed by atoms with Gasteiger partial charge in [0, 0.05) is 18.2 Å². The monoisotopic (exact) mass is 597 g/mol. The number of alkyl carbamates (subject to hydrolysis) is 1. The van der Waals surface area contributed by atoms with Crippen LogP contribution in [-0.2, 0) is 30.3 Å². The molecule has 0 spiro atoms. The Kier molecular flexibility index (Phi) is 11.1. The minimum absolute atomic E-state index is 0.00103. The van der Waals surface area contributed by atoms with E-state index in [1.54, 1.807) is 65.8 Å². The number of hydrogen-bond acceptors (Lipinski definition) is 7. The number of benzene rings is 2. The highest BCUT2D eigenvalue weighted by Gasteiger charge is 2.44. The zero-order valence-corrected chi connectivity index (χ0v) is 26.1. The Morgan fingerprint density at radius 2 is 1.38 bits per heavy atom. The summed E-state index contributed by atoms with van der Waals surface area (Å²) in [6, 6.07) is 15.0. The molecule has 9 nitrogen and oxygen atoms in total. The predicted octanol–water partition coefficient (Wildman–Crippen LogP) is 4.61. The number of hydrogen-bond donors (Lipinski definition) is 3. The Bertz CT molecular complexity index is 1220. The Hall–Kier alpha value is -3.53. The van der Waals surface area contributed by atoms with Crippen molar-refractivity contribution in [2.75, 3.05) is 5.75 Å². The highest BCUT2D eigenvalue weighted by atomic mass is 32.1. The van der Waals surface area contributed by atoms with E-state index in [0.29, 0.717) is 18.4 Å². The zero-order chi connectivity index (χ0) is 31.1. The lowest BCUT2D eigenvalue weighted by Crippen LogP contribution is -2.56. The predicted molar refractivity (Wildman–Crippen MR) is 164 cm³/mol. The van der Waals surface area contributed by atoms with Gasteiger partial charge in [-0.3, -0.25) is 9.59 Å². The molecule has 228 valence electrons. The molecule has 3 unspecified atom stereocenters. The van der Waals surface area contributed by atoms with E-state index in [-0.39, 0.29) is 18.2 Å². The normalized spacial score (nSPS) is 15.5. The van der Waals surface area contributed by atoms with Gasteiger partial charge in [-0.05, 0) is 65.5 Å². The van der Waals surface area contributed by atoms with Gasteiger partial charge in [0.15, 0.2) is 0 Å². The van der Waals surface area contributed by atoms with Crippen molar-refractivity contribution in [2.45, 2.75) is 96.2 Å². The minimum atomic E-state index is -1.06. The molecular weight excluding hydrogens is 554 g/mol. The van der Waals surface area contributed by atoms with Gasteiger partial charge in [-0.25, -0.2) is 9.59 Å². The van der Waals surface area contributed by atoms with Crippen molar-refractivity contribution in [2.24, 2.45) is 0 Å².